The maximum Gasteiger partial charge on any atom is 0.270 e. The van der Waals surface area contributed by atoms with Crippen LogP contribution >= 0.6 is 0 Å². The first-order valence-electron chi connectivity index (χ1n) is 8.32. The normalized spacial score (nSPS) is 16.5. The molecular weight excluding hydrogens is 358 g/mol. The van der Waals surface area contributed by atoms with E-state index in [0.29, 0.717) is 43.3 Å². The molecule has 1 aliphatic rings. The highest BCUT2D eigenvalue weighted by molar-refractivity contribution is 7.88. The smallest absolute Gasteiger partial charge is 0.270 e. The van der Waals surface area contributed by atoms with Gasteiger partial charge < -0.3 is 9.84 Å². The van der Waals surface area contributed by atoms with E-state index >= 15 is 0 Å². The second kappa shape index (κ2) is 7.50. The highest BCUT2D eigenvalue weighted by atomic mass is 32.2. The third-order valence-electron chi connectivity index (χ3n) is 4.29. The summed E-state index contributed by atoms with van der Waals surface area (Å²) < 4.78 is 29.8. The Labute approximate surface area is 151 Å². The fourth-order valence-electron chi connectivity index (χ4n) is 2.87. The highest BCUT2D eigenvalue weighted by Gasteiger charge is 2.28. The standard InChI is InChI=1S/C16H21N5O4S/c1-11-4-3-5-13(18-11)16(22)17-10-14-19-15(20-25-14)12-6-8-21(9-7-12)26(2,23)24/h3-5,12H,6-10H2,1-2H3,(H,17,22). The maximum absolute atomic E-state index is 12.1. The molecule has 1 fully saturated rings. The minimum atomic E-state index is -3.16. The van der Waals surface area contributed by atoms with Gasteiger partial charge in [0.05, 0.1) is 12.8 Å². The summed E-state index contributed by atoms with van der Waals surface area (Å²) in [6, 6.07) is 5.22. The Bertz CT molecular complexity index is 888. The molecule has 9 nitrogen and oxygen atoms in total. The molecule has 1 saturated heterocycles. The van der Waals surface area contributed by atoms with Crippen molar-refractivity contribution in [2.75, 3.05) is 19.3 Å². The van der Waals surface area contributed by atoms with Gasteiger partial charge in [0.2, 0.25) is 15.9 Å². The van der Waals surface area contributed by atoms with Gasteiger partial charge in [0, 0.05) is 24.7 Å². The van der Waals surface area contributed by atoms with E-state index in [4.69, 9.17) is 4.52 Å². The fraction of sp³-hybridized carbons (Fsp3) is 0.500. The van der Waals surface area contributed by atoms with Gasteiger partial charge in [-0.1, -0.05) is 11.2 Å². The topological polar surface area (TPSA) is 118 Å². The van der Waals surface area contributed by atoms with E-state index < -0.39 is 10.0 Å². The van der Waals surface area contributed by atoms with Gasteiger partial charge in [0.15, 0.2) is 5.82 Å². The number of piperidine rings is 1. The van der Waals surface area contributed by atoms with E-state index in [-0.39, 0.29) is 18.4 Å². The summed E-state index contributed by atoms with van der Waals surface area (Å²) in [5.41, 5.74) is 1.09. The lowest BCUT2D eigenvalue weighted by atomic mass is 9.98. The molecule has 3 heterocycles. The number of aromatic nitrogens is 3. The van der Waals surface area contributed by atoms with Crippen molar-refractivity contribution in [2.45, 2.75) is 32.2 Å². The minimum absolute atomic E-state index is 0.0552. The number of hydrogen-bond acceptors (Lipinski definition) is 7. The van der Waals surface area contributed by atoms with Crippen LogP contribution in [0.25, 0.3) is 0 Å². The van der Waals surface area contributed by atoms with E-state index in [9.17, 15) is 13.2 Å². The molecule has 0 aromatic carbocycles. The molecule has 0 unspecified atom stereocenters. The summed E-state index contributed by atoms with van der Waals surface area (Å²) in [6.07, 6.45) is 2.50. The molecule has 1 amide bonds. The van der Waals surface area contributed by atoms with Crippen molar-refractivity contribution in [1.82, 2.24) is 24.7 Å². The monoisotopic (exact) mass is 379 g/mol. The first kappa shape index (κ1) is 18.5. The number of amides is 1. The van der Waals surface area contributed by atoms with Crippen LogP contribution in [0.3, 0.4) is 0 Å². The lowest BCUT2D eigenvalue weighted by Crippen LogP contribution is -2.37. The molecule has 26 heavy (non-hydrogen) atoms. The van der Waals surface area contributed by atoms with Gasteiger partial charge in [-0.05, 0) is 31.9 Å². The number of hydrogen-bond donors (Lipinski definition) is 1. The van der Waals surface area contributed by atoms with Crippen molar-refractivity contribution in [3.05, 3.63) is 41.3 Å². The van der Waals surface area contributed by atoms with Crippen molar-refractivity contribution in [3.63, 3.8) is 0 Å². The van der Waals surface area contributed by atoms with Gasteiger partial charge >= 0.3 is 0 Å². The molecule has 0 spiro atoms. The Morgan fingerprint density at radius 2 is 2.04 bits per heavy atom. The number of nitrogens with one attached hydrogen (secondary N) is 1. The predicted molar refractivity (Wildman–Crippen MR) is 92.8 cm³/mol. The van der Waals surface area contributed by atoms with Crippen molar-refractivity contribution >= 4 is 15.9 Å². The third-order valence-corrected chi connectivity index (χ3v) is 5.60. The molecule has 0 radical (unpaired) electrons. The number of aryl methyl sites for hydroxylation is 1. The van der Waals surface area contributed by atoms with Crippen LogP contribution in [-0.4, -0.2) is 53.1 Å². The van der Waals surface area contributed by atoms with E-state index in [1.54, 1.807) is 12.1 Å². The third kappa shape index (κ3) is 4.44. The molecule has 140 valence electrons. The van der Waals surface area contributed by atoms with Crippen molar-refractivity contribution < 1.29 is 17.7 Å². The molecule has 1 N–H and O–H groups in total. The zero-order valence-corrected chi connectivity index (χ0v) is 15.5. The van der Waals surface area contributed by atoms with E-state index in [1.165, 1.54) is 10.6 Å². The Morgan fingerprint density at radius 1 is 1.31 bits per heavy atom. The van der Waals surface area contributed by atoms with Crippen molar-refractivity contribution in [2.24, 2.45) is 0 Å². The van der Waals surface area contributed by atoms with Crippen LogP contribution in [0.2, 0.25) is 0 Å². The summed E-state index contributed by atoms with van der Waals surface area (Å²) in [4.78, 5) is 20.6. The largest absolute Gasteiger partial charge is 0.342 e. The predicted octanol–water partition coefficient (Wildman–Crippen LogP) is 0.842. The molecule has 1 aliphatic heterocycles. The average Bonchev–Trinajstić information content (AvgIpc) is 3.08. The van der Waals surface area contributed by atoms with E-state index in [1.807, 2.05) is 13.0 Å². The molecule has 3 rings (SSSR count). The Morgan fingerprint density at radius 3 is 2.69 bits per heavy atom. The Kier molecular flexibility index (Phi) is 5.33. The van der Waals surface area contributed by atoms with Gasteiger partial charge in [-0.2, -0.15) is 4.98 Å². The summed E-state index contributed by atoms with van der Waals surface area (Å²) in [5.74, 6) is 0.608. The number of carbonyl (C=O) groups is 1. The van der Waals surface area contributed by atoms with Crippen molar-refractivity contribution in [1.29, 1.82) is 0 Å². The van der Waals surface area contributed by atoms with Crippen LogP contribution < -0.4 is 5.32 Å². The number of pyridine rings is 1. The van der Waals surface area contributed by atoms with Crippen LogP contribution in [-0.2, 0) is 16.6 Å². The van der Waals surface area contributed by atoms with Gasteiger partial charge in [-0.3, -0.25) is 4.79 Å². The average molecular weight is 379 g/mol. The fourth-order valence-corrected chi connectivity index (χ4v) is 3.74. The molecule has 0 bridgehead atoms. The quantitative estimate of drug-likeness (QED) is 0.818. The minimum Gasteiger partial charge on any atom is -0.342 e. The summed E-state index contributed by atoms with van der Waals surface area (Å²) in [7, 11) is -3.16. The first-order valence-corrected chi connectivity index (χ1v) is 10.2. The van der Waals surface area contributed by atoms with Gasteiger partial charge in [-0.25, -0.2) is 17.7 Å². The second-order valence-electron chi connectivity index (χ2n) is 6.33. The number of carbonyl (C=O) groups excluding carboxylic acids is 1. The van der Waals surface area contributed by atoms with Gasteiger partial charge in [0.25, 0.3) is 5.91 Å². The van der Waals surface area contributed by atoms with Crippen LogP contribution in [0.1, 0.15) is 46.7 Å². The molecule has 2 aromatic heterocycles. The Balaban J connectivity index is 1.55. The second-order valence-corrected chi connectivity index (χ2v) is 8.31. The molecule has 0 aliphatic carbocycles. The number of nitrogens with zero attached hydrogens (tertiary/aromatic N) is 4. The summed E-state index contributed by atoms with van der Waals surface area (Å²) in [6.45, 7) is 2.83. The molecule has 10 heteroatoms. The highest BCUT2D eigenvalue weighted by Crippen LogP contribution is 2.26. The van der Waals surface area contributed by atoms with Gasteiger partial charge in [0.1, 0.15) is 5.69 Å². The van der Waals surface area contributed by atoms with Crippen LogP contribution in [0, 0.1) is 6.92 Å². The van der Waals surface area contributed by atoms with E-state index in [2.05, 4.69) is 20.4 Å². The summed E-state index contributed by atoms with van der Waals surface area (Å²) >= 11 is 0. The van der Waals surface area contributed by atoms with Crippen molar-refractivity contribution in [3.8, 4) is 0 Å². The zero-order valence-electron chi connectivity index (χ0n) is 14.7. The maximum atomic E-state index is 12.1. The van der Waals surface area contributed by atoms with Crippen LogP contribution in [0.5, 0.6) is 0 Å². The Hall–Kier alpha value is -2.33. The lowest BCUT2D eigenvalue weighted by Gasteiger charge is -2.28. The summed E-state index contributed by atoms with van der Waals surface area (Å²) in [5, 5.41) is 6.67. The SMILES string of the molecule is Cc1cccc(C(=O)NCc2nc(C3CCN(S(C)(=O)=O)CC3)no2)n1. The number of rotatable bonds is 5. The van der Waals surface area contributed by atoms with Crippen LogP contribution in [0.15, 0.2) is 22.7 Å². The molecule has 2 aromatic rings. The lowest BCUT2D eigenvalue weighted by molar-refractivity contribution is 0.0941. The van der Waals surface area contributed by atoms with Gasteiger partial charge in [-0.15, -0.1) is 0 Å². The van der Waals surface area contributed by atoms with Crippen LogP contribution in [0.4, 0.5) is 0 Å². The molecular formula is C16H21N5O4S. The molecule has 0 saturated carbocycles. The number of sulfonamides is 1. The van der Waals surface area contributed by atoms with E-state index in [0.717, 1.165) is 5.69 Å². The first-order chi connectivity index (χ1) is 12.3. The zero-order chi connectivity index (χ0) is 18.7. The molecule has 0 atom stereocenters.